The van der Waals surface area contributed by atoms with Gasteiger partial charge in [0, 0.05) is 25.3 Å². The Labute approximate surface area is 113 Å². The molecular formula is C13H19ClN2O2. The zero-order valence-corrected chi connectivity index (χ0v) is 11.0. The Bertz CT molecular complexity index is 375. The predicted octanol–water partition coefficient (Wildman–Crippen LogP) is 1.48. The van der Waals surface area contributed by atoms with Gasteiger partial charge < -0.3 is 15.8 Å². The summed E-state index contributed by atoms with van der Waals surface area (Å²) in [6, 6.07) is 7.35. The van der Waals surface area contributed by atoms with Gasteiger partial charge in [0.1, 0.15) is 0 Å². The fourth-order valence-electron chi connectivity index (χ4n) is 1.91. The van der Waals surface area contributed by atoms with E-state index in [1.54, 1.807) is 12.1 Å². The molecule has 0 bridgehead atoms. The number of halogens is 1. The molecule has 0 radical (unpaired) electrons. The van der Waals surface area contributed by atoms with Gasteiger partial charge in [-0.1, -0.05) is 12.1 Å². The van der Waals surface area contributed by atoms with Crippen molar-refractivity contribution in [3.63, 3.8) is 0 Å². The molecule has 0 spiro atoms. The standard InChI is InChI=1S/C13H18N2O2.ClH/c14-8-10-3-5-11(6-4-10)13(16)15-9-12-2-1-7-17-12;/h3-6,12H,1-2,7-9,14H2,(H,15,16);1H. The van der Waals surface area contributed by atoms with Crippen LogP contribution in [0.3, 0.4) is 0 Å². The molecule has 0 aliphatic carbocycles. The predicted molar refractivity (Wildman–Crippen MR) is 72.9 cm³/mol. The molecule has 1 unspecified atom stereocenters. The van der Waals surface area contributed by atoms with Crippen molar-refractivity contribution in [2.75, 3.05) is 13.2 Å². The maximum atomic E-state index is 11.8. The summed E-state index contributed by atoms with van der Waals surface area (Å²) < 4.78 is 5.44. The second-order valence-corrected chi connectivity index (χ2v) is 4.25. The fourth-order valence-corrected chi connectivity index (χ4v) is 1.91. The van der Waals surface area contributed by atoms with Crippen molar-refractivity contribution in [3.05, 3.63) is 35.4 Å². The Kier molecular flexibility index (Phi) is 6.12. The van der Waals surface area contributed by atoms with E-state index in [0.29, 0.717) is 18.7 Å². The van der Waals surface area contributed by atoms with E-state index in [1.165, 1.54) is 0 Å². The highest BCUT2D eigenvalue weighted by Crippen LogP contribution is 2.11. The van der Waals surface area contributed by atoms with Gasteiger partial charge in [0.05, 0.1) is 6.10 Å². The number of rotatable bonds is 4. The molecule has 4 nitrogen and oxygen atoms in total. The lowest BCUT2D eigenvalue weighted by atomic mass is 10.1. The number of hydrogen-bond donors (Lipinski definition) is 2. The number of benzene rings is 1. The summed E-state index contributed by atoms with van der Waals surface area (Å²) >= 11 is 0. The Balaban J connectivity index is 0.00000162. The first-order valence-electron chi connectivity index (χ1n) is 5.98. The molecule has 1 saturated heterocycles. The van der Waals surface area contributed by atoms with Crippen molar-refractivity contribution in [1.29, 1.82) is 0 Å². The average Bonchev–Trinajstić information content (AvgIpc) is 2.89. The van der Waals surface area contributed by atoms with Crippen molar-refractivity contribution < 1.29 is 9.53 Å². The number of ether oxygens (including phenoxy) is 1. The van der Waals surface area contributed by atoms with E-state index in [4.69, 9.17) is 10.5 Å². The van der Waals surface area contributed by atoms with E-state index in [9.17, 15) is 4.79 Å². The van der Waals surface area contributed by atoms with Crippen molar-refractivity contribution in [2.45, 2.75) is 25.5 Å². The van der Waals surface area contributed by atoms with Gasteiger partial charge in [0.15, 0.2) is 0 Å². The maximum Gasteiger partial charge on any atom is 0.251 e. The molecule has 1 fully saturated rings. The highest BCUT2D eigenvalue weighted by Gasteiger charge is 2.16. The van der Waals surface area contributed by atoms with Crippen molar-refractivity contribution in [3.8, 4) is 0 Å². The molecule has 0 saturated carbocycles. The summed E-state index contributed by atoms with van der Waals surface area (Å²) in [6.07, 6.45) is 2.31. The van der Waals surface area contributed by atoms with Gasteiger partial charge in [0.25, 0.3) is 5.91 Å². The molecule has 0 aromatic heterocycles. The first kappa shape index (κ1) is 15.0. The van der Waals surface area contributed by atoms with Crippen LogP contribution in [0.2, 0.25) is 0 Å². The molecule has 5 heteroatoms. The van der Waals surface area contributed by atoms with Gasteiger partial charge in [-0.05, 0) is 30.5 Å². The lowest BCUT2D eigenvalue weighted by molar-refractivity contribution is 0.0858. The Morgan fingerprint density at radius 2 is 2.11 bits per heavy atom. The topological polar surface area (TPSA) is 64.4 Å². The Morgan fingerprint density at radius 1 is 1.39 bits per heavy atom. The summed E-state index contributed by atoms with van der Waals surface area (Å²) in [5, 5.41) is 2.88. The summed E-state index contributed by atoms with van der Waals surface area (Å²) in [5.41, 5.74) is 7.20. The van der Waals surface area contributed by atoms with Gasteiger partial charge in [-0.15, -0.1) is 12.4 Å². The summed E-state index contributed by atoms with van der Waals surface area (Å²) in [4.78, 5) is 11.8. The molecular weight excluding hydrogens is 252 g/mol. The van der Waals surface area contributed by atoms with Crippen LogP contribution >= 0.6 is 12.4 Å². The molecule has 1 amide bonds. The molecule has 1 aromatic carbocycles. The normalized spacial score (nSPS) is 18.2. The van der Waals surface area contributed by atoms with Gasteiger partial charge in [0.2, 0.25) is 0 Å². The van der Waals surface area contributed by atoms with Crippen LogP contribution in [-0.4, -0.2) is 25.2 Å². The van der Waals surface area contributed by atoms with Crippen molar-refractivity contribution >= 4 is 18.3 Å². The molecule has 1 aromatic rings. The molecule has 18 heavy (non-hydrogen) atoms. The Morgan fingerprint density at radius 3 is 2.67 bits per heavy atom. The van der Waals surface area contributed by atoms with Crippen molar-refractivity contribution in [2.24, 2.45) is 5.73 Å². The van der Waals surface area contributed by atoms with Crippen LogP contribution < -0.4 is 11.1 Å². The second-order valence-electron chi connectivity index (χ2n) is 4.25. The zero-order chi connectivity index (χ0) is 12.1. The summed E-state index contributed by atoms with van der Waals surface area (Å²) in [6.45, 7) is 1.90. The van der Waals surface area contributed by atoms with E-state index in [0.717, 1.165) is 25.0 Å². The number of nitrogens with one attached hydrogen (secondary N) is 1. The van der Waals surface area contributed by atoms with Gasteiger partial charge in [-0.3, -0.25) is 4.79 Å². The van der Waals surface area contributed by atoms with E-state index < -0.39 is 0 Å². The van der Waals surface area contributed by atoms with Gasteiger partial charge >= 0.3 is 0 Å². The summed E-state index contributed by atoms with van der Waals surface area (Å²) in [5.74, 6) is -0.0518. The SMILES string of the molecule is Cl.NCc1ccc(C(=O)NCC2CCCO2)cc1. The Hall–Kier alpha value is -1.10. The highest BCUT2D eigenvalue weighted by atomic mass is 35.5. The molecule has 1 heterocycles. The first-order valence-corrected chi connectivity index (χ1v) is 5.98. The van der Waals surface area contributed by atoms with E-state index in [-0.39, 0.29) is 24.4 Å². The summed E-state index contributed by atoms with van der Waals surface area (Å²) in [7, 11) is 0. The third kappa shape index (κ3) is 3.98. The van der Waals surface area contributed by atoms with E-state index >= 15 is 0 Å². The minimum absolute atomic E-state index is 0. The third-order valence-corrected chi connectivity index (χ3v) is 2.97. The minimum atomic E-state index is -0.0518. The van der Waals surface area contributed by atoms with Crippen LogP contribution in [0.25, 0.3) is 0 Å². The molecule has 100 valence electrons. The molecule has 1 atom stereocenters. The number of carbonyl (C=O) groups is 1. The number of amides is 1. The van der Waals surface area contributed by atoms with E-state index in [2.05, 4.69) is 5.32 Å². The molecule has 3 N–H and O–H groups in total. The smallest absolute Gasteiger partial charge is 0.251 e. The second kappa shape index (κ2) is 7.36. The maximum absolute atomic E-state index is 11.8. The lowest BCUT2D eigenvalue weighted by Gasteiger charge is -2.10. The van der Waals surface area contributed by atoms with Crippen LogP contribution in [0, 0.1) is 0 Å². The number of hydrogen-bond acceptors (Lipinski definition) is 3. The number of carbonyl (C=O) groups excluding carboxylic acids is 1. The van der Waals surface area contributed by atoms with Crippen molar-refractivity contribution in [1.82, 2.24) is 5.32 Å². The van der Waals surface area contributed by atoms with Gasteiger partial charge in [-0.2, -0.15) is 0 Å². The van der Waals surface area contributed by atoms with Crippen LogP contribution in [0.1, 0.15) is 28.8 Å². The molecule has 2 rings (SSSR count). The quantitative estimate of drug-likeness (QED) is 0.871. The monoisotopic (exact) mass is 270 g/mol. The number of nitrogens with two attached hydrogens (primary N) is 1. The van der Waals surface area contributed by atoms with Crippen LogP contribution in [0.5, 0.6) is 0 Å². The molecule has 1 aliphatic rings. The van der Waals surface area contributed by atoms with E-state index in [1.807, 2.05) is 12.1 Å². The fraction of sp³-hybridized carbons (Fsp3) is 0.462. The third-order valence-electron chi connectivity index (χ3n) is 2.97. The lowest BCUT2D eigenvalue weighted by Crippen LogP contribution is -2.31. The van der Waals surface area contributed by atoms with Crippen LogP contribution in [-0.2, 0) is 11.3 Å². The van der Waals surface area contributed by atoms with Crippen LogP contribution in [0.4, 0.5) is 0 Å². The van der Waals surface area contributed by atoms with Crippen LogP contribution in [0.15, 0.2) is 24.3 Å². The largest absolute Gasteiger partial charge is 0.376 e. The van der Waals surface area contributed by atoms with Gasteiger partial charge in [-0.25, -0.2) is 0 Å². The average molecular weight is 271 g/mol. The minimum Gasteiger partial charge on any atom is -0.376 e. The molecule has 1 aliphatic heterocycles. The highest BCUT2D eigenvalue weighted by molar-refractivity contribution is 5.94. The first-order chi connectivity index (χ1) is 8.29. The zero-order valence-electron chi connectivity index (χ0n) is 10.2.